The van der Waals surface area contributed by atoms with Gasteiger partial charge in [-0.15, -0.1) is 0 Å². The number of ether oxygens (including phenoxy) is 1. The summed E-state index contributed by atoms with van der Waals surface area (Å²) in [5.74, 6) is -0.189. The number of carbonyl (C=O) groups is 1. The van der Waals surface area contributed by atoms with E-state index >= 15 is 0 Å². The van der Waals surface area contributed by atoms with Gasteiger partial charge in [-0.2, -0.15) is 4.98 Å². The molecule has 2 aromatic heterocycles. The van der Waals surface area contributed by atoms with Crippen molar-refractivity contribution in [2.45, 2.75) is 0 Å². The van der Waals surface area contributed by atoms with Gasteiger partial charge in [0.25, 0.3) is 5.91 Å². The Labute approximate surface area is 142 Å². The highest BCUT2D eigenvalue weighted by molar-refractivity contribution is 6.04. The highest BCUT2D eigenvalue weighted by atomic mass is 19.1. The molecule has 0 aliphatic carbocycles. The summed E-state index contributed by atoms with van der Waals surface area (Å²) in [4.78, 5) is 15.5. The summed E-state index contributed by atoms with van der Waals surface area (Å²) in [6, 6.07) is 15.1. The van der Waals surface area contributed by atoms with E-state index in [0.29, 0.717) is 5.71 Å². The van der Waals surface area contributed by atoms with Crippen molar-refractivity contribution >= 4 is 33.6 Å². The van der Waals surface area contributed by atoms with Crippen LogP contribution >= 0.6 is 0 Å². The van der Waals surface area contributed by atoms with Gasteiger partial charge < -0.3 is 14.5 Å². The lowest BCUT2D eigenvalue weighted by atomic mass is 10.2. The summed E-state index contributed by atoms with van der Waals surface area (Å²) in [5, 5.41) is 4.17. The average molecular weight is 337 g/mol. The van der Waals surface area contributed by atoms with E-state index in [4.69, 9.17) is 9.15 Å². The number of benzene rings is 2. The summed E-state index contributed by atoms with van der Waals surface area (Å²) in [6.45, 7) is 0. The number of hydrogen-bond acceptors (Lipinski definition) is 3. The monoisotopic (exact) mass is 337 g/mol. The molecule has 2 aromatic carbocycles. The van der Waals surface area contributed by atoms with Crippen molar-refractivity contribution in [2.75, 3.05) is 12.4 Å². The molecule has 2 heterocycles. The second-order valence-electron chi connectivity index (χ2n) is 5.55. The normalized spacial score (nSPS) is 11.0. The Morgan fingerprint density at radius 1 is 1.12 bits per heavy atom. The number of hydrogen-bond donors (Lipinski definition) is 1. The van der Waals surface area contributed by atoms with Gasteiger partial charge in [-0.3, -0.25) is 4.79 Å². The number of rotatable bonds is 3. The third kappa shape index (κ3) is 2.78. The maximum Gasteiger partial charge on any atom is 0.379 e. The van der Waals surface area contributed by atoms with Crippen LogP contribution in [-0.4, -0.2) is 13.0 Å². The van der Waals surface area contributed by atoms with Crippen LogP contribution in [0.1, 0.15) is 10.6 Å². The molecule has 0 saturated heterocycles. The van der Waals surface area contributed by atoms with Crippen LogP contribution in [0, 0.1) is 5.82 Å². The Morgan fingerprint density at radius 3 is 2.76 bits per heavy atom. The lowest BCUT2D eigenvalue weighted by Crippen LogP contribution is -2.12. The van der Waals surface area contributed by atoms with Crippen molar-refractivity contribution in [1.29, 1.82) is 0 Å². The van der Waals surface area contributed by atoms with Crippen molar-refractivity contribution in [1.82, 2.24) is 0 Å². The van der Waals surface area contributed by atoms with Gasteiger partial charge >= 0.3 is 5.71 Å². The molecule has 124 valence electrons. The van der Waals surface area contributed by atoms with Crippen LogP contribution in [0.15, 0.2) is 59.0 Å². The third-order valence-electron chi connectivity index (χ3n) is 3.92. The maximum atomic E-state index is 13.7. The zero-order valence-electron chi connectivity index (χ0n) is 13.3. The lowest BCUT2D eigenvalue weighted by Gasteiger charge is -2.03. The lowest BCUT2D eigenvalue weighted by molar-refractivity contribution is -0.322. The second-order valence-corrected chi connectivity index (χ2v) is 5.55. The molecule has 5 nitrogen and oxygen atoms in total. The summed E-state index contributed by atoms with van der Waals surface area (Å²) < 4.78 is 24.5. The Morgan fingerprint density at radius 2 is 1.96 bits per heavy atom. The van der Waals surface area contributed by atoms with E-state index in [2.05, 4.69) is 10.3 Å². The van der Waals surface area contributed by atoms with Crippen molar-refractivity contribution in [3.05, 3.63) is 66.2 Å². The first-order chi connectivity index (χ1) is 12.1. The first-order valence-electron chi connectivity index (χ1n) is 7.63. The molecule has 0 aliphatic heterocycles. The van der Waals surface area contributed by atoms with Gasteiger partial charge in [-0.05, 0) is 30.3 Å². The number of H-pyrrole nitrogens is 1. The molecular weight excluding hydrogens is 323 g/mol. The molecule has 4 rings (SSSR count). The number of furan rings is 1. The van der Waals surface area contributed by atoms with Crippen LogP contribution in [0.25, 0.3) is 22.0 Å². The Balaban J connectivity index is 1.71. The summed E-state index contributed by atoms with van der Waals surface area (Å²) in [6.07, 6.45) is 0. The average Bonchev–Trinajstić information content (AvgIpc) is 3.04. The first kappa shape index (κ1) is 15.1. The van der Waals surface area contributed by atoms with Gasteiger partial charge in [0.2, 0.25) is 5.52 Å². The van der Waals surface area contributed by atoms with Crippen LogP contribution in [0.3, 0.4) is 0 Å². The van der Waals surface area contributed by atoms with E-state index in [-0.39, 0.29) is 11.4 Å². The minimum absolute atomic E-state index is 0.0942. The number of methoxy groups -OCH3 is 1. The van der Waals surface area contributed by atoms with Crippen molar-refractivity contribution in [2.24, 2.45) is 0 Å². The van der Waals surface area contributed by atoms with Crippen LogP contribution in [0.2, 0.25) is 0 Å². The van der Waals surface area contributed by atoms with Crippen molar-refractivity contribution in [3.63, 3.8) is 0 Å². The molecule has 0 spiro atoms. The van der Waals surface area contributed by atoms with E-state index in [1.54, 1.807) is 25.3 Å². The number of halogens is 1. The number of anilines is 1. The zero-order chi connectivity index (χ0) is 17.4. The predicted molar refractivity (Wildman–Crippen MR) is 91.2 cm³/mol. The van der Waals surface area contributed by atoms with Gasteiger partial charge in [0.05, 0.1) is 23.6 Å². The van der Waals surface area contributed by atoms with Crippen LogP contribution in [0.4, 0.5) is 10.1 Å². The summed E-state index contributed by atoms with van der Waals surface area (Å²) in [7, 11) is 1.60. The Hall–Kier alpha value is -3.41. The number of amides is 1. The quantitative estimate of drug-likeness (QED) is 0.618. The number of nitrogens with one attached hydrogen (secondary N) is 2. The summed E-state index contributed by atoms with van der Waals surface area (Å²) in [5.41, 5.74) is 1.42. The fraction of sp³-hybridized carbons (Fsp3) is 0.0526. The summed E-state index contributed by atoms with van der Waals surface area (Å²) >= 11 is 0. The molecule has 6 heteroatoms. The fourth-order valence-corrected chi connectivity index (χ4v) is 2.66. The molecule has 2 N–H and O–H groups in total. The largest absolute Gasteiger partial charge is 0.497 e. The van der Waals surface area contributed by atoms with E-state index in [1.165, 1.54) is 12.1 Å². The molecule has 25 heavy (non-hydrogen) atoms. The van der Waals surface area contributed by atoms with Crippen molar-refractivity contribution < 1.29 is 23.3 Å². The number of aromatic nitrogens is 1. The zero-order valence-corrected chi connectivity index (χ0v) is 13.3. The SMILES string of the molecule is COc1ccc2[nH+]c3oc(C(=O)Nc4ccccc4F)cc3cc2c1. The molecule has 0 bridgehead atoms. The third-order valence-corrected chi connectivity index (χ3v) is 3.92. The van der Waals surface area contributed by atoms with E-state index in [0.717, 1.165) is 22.0 Å². The highest BCUT2D eigenvalue weighted by Crippen LogP contribution is 2.24. The molecule has 1 amide bonds. The standard InChI is InChI=1S/C19H13FN2O3/c1-24-13-6-7-15-11(9-13)8-12-10-17(25-19(12)22-15)18(23)21-16-5-3-2-4-14(16)20/h2-10H,1H3,(H,21,23)/p+1. The van der Waals surface area contributed by atoms with Crippen LogP contribution in [-0.2, 0) is 0 Å². The van der Waals surface area contributed by atoms with Gasteiger partial charge in [0, 0.05) is 12.1 Å². The van der Waals surface area contributed by atoms with E-state index in [9.17, 15) is 9.18 Å². The second kappa shape index (κ2) is 5.90. The molecule has 0 radical (unpaired) electrons. The smallest absolute Gasteiger partial charge is 0.379 e. The molecule has 0 fully saturated rings. The van der Waals surface area contributed by atoms with Gasteiger partial charge in [0.15, 0.2) is 5.76 Å². The van der Waals surface area contributed by atoms with Crippen molar-refractivity contribution in [3.8, 4) is 5.75 Å². The fourth-order valence-electron chi connectivity index (χ4n) is 2.66. The minimum atomic E-state index is -0.517. The predicted octanol–water partition coefficient (Wildman–Crippen LogP) is 3.80. The topological polar surface area (TPSA) is 65.6 Å². The van der Waals surface area contributed by atoms with E-state index in [1.807, 2.05) is 24.3 Å². The van der Waals surface area contributed by atoms with Gasteiger partial charge in [-0.25, -0.2) is 4.39 Å². The van der Waals surface area contributed by atoms with Crippen LogP contribution < -0.4 is 15.0 Å². The maximum absolute atomic E-state index is 13.7. The number of fused-ring (bicyclic) bond motifs is 2. The number of para-hydroxylation sites is 1. The molecule has 0 atom stereocenters. The molecule has 0 saturated carbocycles. The van der Waals surface area contributed by atoms with E-state index < -0.39 is 11.7 Å². The molecule has 4 aromatic rings. The minimum Gasteiger partial charge on any atom is -0.497 e. The number of aromatic amines is 1. The van der Waals surface area contributed by atoms with Crippen LogP contribution in [0.5, 0.6) is 5.75 Å². The molecule has 0 unspecified atom stereocenters. The number of pyridine rings is 1. The number of carbonyl (C=O) groups excluding carboxylic acids is 1. The Bertz CT molecular complexity index is 1100. The molecular formula is C19H14FN2O3+. The Kier molecular flexibility index (Phi) is 3.57. The highest BCUT2D eigenvalue weighted by Gasteiger charge is 2.18. The molecule has 0 aliphatic rings. The van der Waals surface area contributed by atoms with Gasteiger partial charge in [0.1, 0.15) is 11.6 Å². The van der Waals surface area contributed by atoms with Gasteiger partial charge in [-0.1, -0.05) is 12.1 Å². The first-order valence-corrected chi connectivity index (χ1v) is 7.63.